The molecule has 1 saturated heterocycles. The Kier molecular flexibility index (Phi) is 6.46. The van der Waals surface area contributed by atoms with Crippen LogP contribution in [0.25, 0.3) is 22.4 Å². The molecule has 0 N–H and O–H groups in total. The summed E-state index contributed by atoms with van der Waals surface area (Å²) >= 11 is 0. The number of halogens is 1. The minimum atomic E-state index is -0.406. The van der Waals surface area contributed by atoms with Crippen LogP contribution in [0, 0.1) is 12.7 Å². The molecule has 1 fully saturated rings. The molecule has 0 spiro atoms. The number of aryl methyl sites for hydroxylation is 1. The number of rotatable bonds is 6. The minimum Gasteiger partial charge on any atom is -0.494 e. The summed E-state index contributed by atoms with van der Waals surface area (Å²) in [5.74, 6) is 0.341. The first-order valence-electron chi connectivity index (χ1n) is 11.8. The Bertz CT molecular complexity index is 1340. The molecule has 2 aromatic heterocycles. The highest BCUT2D eigenvalue weighted by Gasteiger charge is 2.27. The van der Waals surface area contributed by atoms with Crippen LogP contribution in [0.5, 0.6) is 5.75 Å². The SMILES string of the molecule is CCOc1ccc(CN2CCN(C(=O)c3cc(-c4ccccc4F)nc4onc(C)c34)CC2)cc1. The van der Waals surface area contributed by atoms with E-state index in [0.717, 1.165) is 25.4 Å². The van der Waals surface area contributed by atoms with Crippen LogP contribution in [0.3, 0.4) is 0 Å². The Morgan fingerprint density at radius 3 is 2.54 bits per heavy atom. The van der Waals surface area contributed by atoms with Crippen LogP contribution in [0.15, 0.2) is 59.1 Å². The van der Waals surface area contributed by atoms with E-state index in [9.17, 15) is 9.18 Å². The molecule has 0 saturated carbocycles. The quantitative estimate of drug-likeness (QED) is 0.404. The average molecular weight is 475 g/mol. The largest absolute Gasteiger partial charge is 0.494 e. The zero-order valence-electron chi connectivity index (χ0n) is 19.8. The van der Waals surface area contributed by atoms with E-state index in [1.54, 1.807) is 31.2 Å². The normalized spacial score (nSPS) is 14.4. The maximum atomic E-state index is 14.5. The van der Waals surface area contributed by atoms with Crippen molar-refractivity contribution in [2.75, 3.05) is 32.8 Å². The average Bonchev–Trinajstić information content (AvgIpc) is 3.26. The van der Waals surface area contributed by atoms with Gasteiger partial charge in [-0.1, -0.05) is 29.4 Å². The Hall–Kier alpha value is -3.78. The molecule has 0 atom stereocenters. The second kappa shape index (κ2) is 9.84. The van der Waals surface area contributed by atoms with Crippen molar-refractivity contribution >= 4 is 17.0 Å². The highest BCUT2D eigenvalue weighted by atomic mass is 19.1. The van der Waals surface area contributed by atoms with Crippen LogP contribution < -0.4 is 4.74 Å². The summed E-state index contributed by atoms with van der Waals surface area (Å²) in [4.78, 5) is 22.2. The van der Waals surface area contributed by atoms with Crippen molar-refractivity contribution in [3.8, 4) is 17.0 Å². The van der Waals surface area contributed by atoms with Crippen molar-refractivity contribution in [1.29, 1.82) is 0 Å². The van der Waals surface area contributed by atoms with Gasteiger partial charge in [0.15, 0.2) is 0 Å². The van der Waals surface area contributed by atoms with Gasteiger partial charge in [-0.05, 0) is 49.7 Å². The molecule has 1 amide bonds. The third-order valence-corrected chi connectivity index (χ3v) is 6.30. The first-order valence-corrected chi connectivity index (χ1v) is 11.8. The molecule has 3 heterocycles. The van der Waals surface area contributed by atoms with Gasteiger partial charge in [0.1, 0.15) is 11.6 Å². The van der Waals surface area contributed by atoms with Crippen LogP contribution in [0.4, 0.5) is 4.39 Å². The molecule has 5 rings (SSSR count). The van der Waals surface area contributed by atoms with Crippen LogP contribution in [-0.2, 0) is 6.54 Å². The summed E-state index contributed by atoms with van der Waals surface area (Å²) in [7, 11) is 0. The lowest BCUT2D eigenvalue weighted by Gasteiger charge is -2.35. The van der Waals surface area contributed by atoms with Crippen molar-refractivity contribution in [2.24, 2.45) is 0 Å². The second-order valence-electron chi connectivity index (χ2n) is 8.63. The van der Waals surface area contributed by atoms with Crippen molar-refractivity contribution in [3.05, 3.63) is 77.2 Å². The molecular formula is C27H27FN4O3. The number of nitrogens with zero attached hydrogens (tertiary/aromatic N) is 4. The number of carbonyl (C=O) groups excluding carboxylic acids is 1. The number of amides is 1. The van der Waals surface area contributed by atoms with Gasteiger partial charge in [0, 0.05) is 38.3 Å². The summed E-state index contributed by atoms with van der Waals surface area (Å²) in [6.45, 7) is 7.92. The number of hydrogen-bond donors (Lipinski definition) is 0. The van der Waals surface area contributed by atoms with Crippen molar-refractivity contribution in [1.82, 2.24) is 19.9 Å². The topological polar surface area (TPSA) is 71.7 Å². The monoisotopic (exact) mass is 474 g/mol. The lowest BCUT2D eigenvalue weighted by atomic mass is 10.0. The van der Waals surface area contributed by atoms with Gasteiger partial charge in [-0.15, -0.1) is 0 Å². The van der Waals surface area contributed by atoms with Gasteiger partial charge in [0.2, 0.25) is 0 Å². The molecule has 0 unspecified atom stereocenters. The fraction of sp³-hybridized carbons (Fsp3) is 0.296. The molecule has 0 radical (unpaired) electrons. The number of carbonyl (C=O) groups is 1. The van der Waals surface area contributed by atoms with E-state index < -0.39 is 5.82 Å². The van der Waals surface area contributed by atoms with E-state index in [1.165, 1.54) is 11.6 Å². The van der Waals surface area contributed by atoms with Crippen molar-refractivity contribution < 1.29 is 18.4 Å². The van der Waals surface area contributed by atoms with Gasteiger partial charge in [0.25, 0.3) is 11.6 Å². The number of pyridine rings is 1. The maximum absolute atomic E-state index is 14.5. The van der Waals surface area contributed by atoms with Crippen LogP contribution in [0.1, 0.15) is 28.5 Å². The number of piperazine rings is 1. The molecule has 180 valence electrons. The van der Waals surface area contributed by atoms with E-state index in [4.69, 9.17) is 9.26 Å². The number of ether oxygens (including phenoxy) is 1. The molecule has 8 heteroatoms. The lowest BCUT2D eigenvalue weighted by Crippen LogP contribution is -2.48. The number of aromatic nitrogens is 2. The van der Waals surface area contributed by atoms with Crippen molar-refractivity contribution in [2.45, 2.75) is 20.4 Å². The number of hydrogen-bond acceptors (Lipinski definition) is 6. The highest BCUT2D eigenvalue weighted by molar-refractivity contribution is 6.07. The fourth-order valence-electron chi connectivity index (χ4n) is 4.47. The number of benzene rings is 2. The van der Waals surface area contributed by atoms with E-state index in [2.05, 4.69) is 27.2 Å². The third kappa shape index (κ3) is 4.74. The number of fused-ring (bicyclic) bond motifs is 1. The van der Waals surface area contributed by atoms with Gasteiger partial charge in [-0.2, -0.15) is 0 Å². The molecular weight excluding hydrogens is 447 g/mol. The molecule has 35 heavy (non-hydrogen) atoms. The Balaban J connectivity index is 1.33. The first kappa shape index (κ1) is 23.0. The van der Waals surface area contributed by atoms with E-state index >= 15 is 0 Å². The predicted molar refractivity (Wildman–Crippen MR) is 131 cm³/mol. The van der Waals surface area contributed by atoms with Gasteiger partial charge >= 0.3 is 0 Å². The Morgan fingerprint density at radius 2 is 1.83 bits per heavy atom. The molecule has 2 aromatic carbocycles. The van der Waals surface area contributed by atoms with E-state index in [1.807, 2.05) is 24.0 Å². The van der Waals surface area contributed by atoms with Gasteiger partial charge in [-0.3, -0.25) is 9.69 Å². The summed E-state index contributed by atoms with van der Waals surface area (Å²) in [6, 6.07) is 16.2. The zero-order chi connectivity index (χ0) is 24.4. The second-order valence-corrected chi connectivity index (χ2v) is 8.63. The van der Waals surface area contributed by atoms with Crippen LogP contribution in [-0.4, -0.2) is 58.6 Å². The first-order chi connectivity index (χ1) is 17.0. The van der Waals surface area contributed by atoms with E-state index in [0.29, 0.717) is 47.6 Å². The minimum absolute atomic E-state index is 0.123. The van der Waals surface area contributed by atoms with Gasteiger partial charge < -0.3 is 14.2 Å². The highest BCUT2D eigenvalue weighted by Crippen LogP contribution is 2.29. The molecule has 0 bridgehead atoms. The summed E-state index contributed by atoms with van der Waals surface area (Å²) in [5.41, 5.74) is 3.14. The zero-order valence-corrected chi connectivity index (χ0v) is 19.8. The lowest BCUT2D eigenvalue weighted by molar-refractivity contribution is 0.0630. The molecule has 1 aliphatic heterocycles. The van der Waals surface area contributed by atoms with Crippen molar-refractivity contribution in [3.63, 3.8) is 0 Å². The fourth-order valence-corrected chi connectivity index (χ4v) is 4.47. The third-order valence-electron chi connectivity index (χ3n) is 6.30. The molecule has 0 aliphatic carbocycles. The van der Waals surface area contributed by atoms with Crippen LogP contribution >= 0.6 is 0 Å². The molecule has 4 aromatic rings. The smallest absolute Gasteiger partial charge is 0.259 e. The standard InChI is InChI=1S/C27H27FN4O3/c1-3-34-20-10-8-19(9-11-20)17-31-12-14-32(15-13-31)27(33)22-16-24(21-6-4-5-7-23(21)28)29-26-25(22)18(2)30-35-26/h4-11,16H,3,12-15,17H2,1-2H3. The molecule has 1 aliphatic rings. The van der Waals surface area contributed by atoms with Crippen LogP contribution in [0.2, 0.25) is 0 Å². The summed E-state index contributed by atoms with van der Waals surface area (Å²) < 4.78 is 25.3. The van der Waals surface area contributed by atoms with E-state index in [-0.39, 0.29) is 11.6 Å². The predicted octanol–water partition coefficient (Wildman–Crippen LogP) is 4.69. The molecule has 7 nitrogen and oxygen atoms in total. The van der Waals surface area contributed by atoms with Gasteiger partial charge in [-0.25, -0.2) is 9.37 Å². The Morgan fingerprint density at radius 1 is 1.09 bits per heavy atom. The Labute approximate surface area is 203 Å². The van der Waals surface area contributed by atoms with Gasteiger partial charge in [0.05, 0.1) is 28.9 Å². The maximum Gasteiger partial charge on any atom is 0.259 e. The summed E-state index contributed by atoms with van der Waals surface area (Å²) in [6.07, 6.45) is 0. The summed E-state index contributed by atoms with van der Waals surface area (Å²) in [5, 5.41) is 4.57.